The third kappa shape index (κ3) is 1.59. The van der Waals surface area contributed by atoms with E-state index in [0.29, 0.717) is 22.4 Å². The van der Waals surface area contributed by atoms with Crippen LogP contribution in [0.4, 0.5) is 4.39 Å². The topological polar surface area (TPSA) is 22.1 Å². The second kappa shape index (κ2) is 3.82. The van der Waals surface area contributed by atoms with Gasteiger partial charge in [-0.3, -0.25) is 0 Å². The Kier molecular flexibility index (Phi) is 2.49. The van der Waals surface area contributed by atoms with Gasteiger partial charge in [0.1, 0.15) is 11.3 Å². The van der Waals surface area contributed by atoms with Crippen LogP contribution >= 0.6 is 0 Å². The molecule has 0 bridgehead atoms. The number of aromatic nitrogens is 1. The fourth-order valence-electron chi connectivity index (χ4n) is 1.58. The molecule has 1 heterocycles. The second-order valence-corrected chi connectivity index (χ2v) is 3.49. The zero-order chi connectivity index (χ0) is 11.7. The van der Waals surface area contributed by atoms with Crippen LogP contribution in [0.2, 0.25) is 0 Å². The molecule has 0 radical (unpaired) electrons. The number of methoxy groups -OCH3 is 1. The van der Waals surface area contributed by atoms with Crippen LogP contribution in [0.5, 0.6) is 5.75 Å². The maximum Gasteiger partial charge on any atom is 0.216 e. The first-order valence-corrected chi connectivity index (χ1v) is 4.77. The minimum atomic E-state index is -0.487. The Morgan fingerprint density at radius 2 is 2.12 bits per heavy atom. The third-order valence-corrected chi connectivity index (χ3v) is 2.40. The molecule has 2 aromatic rings. The van der Waals surface area contributed by atoms with Crippen LogP contribution in [-0.2, 0) is 0 Å². The Morgan fingerprint density at radius 1 is 1.38 bits per heavy atom. The van der Waals surface area contributed by atoms with Crippen molar-refractivity contribution in [1.82, 2.24) is 4.98 Å². The summed E-state index contributed by atoms with van der Waals surface area (Å²) in [6.07, 6.45) is 5.33. The summed E-state index contributed by atoms with van der Waals surface area (Å²) in [5.74, 6) is 2.53. The Balaban J connectivity index is 2.85. The van der Waals surface area contributed by atoms with Crippen molar-refractivity contribution in [3.8, 4) is 18.1 Å². The zero-order valence-corrected chi connectivity index (χ0v) is 9.04. The van der Waals surface area contributed by atoms with Crippen molar-refractivity contribution in [2.45, 2.75) is 6.92 Å². The van der Waals surface area contributed by atoms with Crippen LogP contribution < -0.4 is 4.74 Å². The van der Waals surface area contributed by atoms with Crippen molar-refractivity contribution in [3.63, 3.8) is 0 Å². The van der Waals surface area contributed by atoms with E-state index in [1.54, 1.807) is 25.1 Å². The number of hydrogen-bond acceptors (Lipinski definition) is 2. The highest BCUT2D eigenvalue weighted by Gasteiger charge is 2.08. The van der Waals surface area contributed by atoms with Crippen LogP contribution in [0.15, 0.2) is 18.2 Å². The van der Waals surface area contributed by atoms with Gasteiger partial charge in [-0.15, -0.1) is 6.42 Å². The first kappa shape index (κ1) is 10.4. The molecule has 0 aliphatic heterocycles. The van der Waals surface area contributed by atoms with Gasteiger partial charge in [0.25, 0.3) is 0 Å². The molecule has 3 heteroatoms. The van der Waals surface area contributed by atoms with E-state index >= 15 is 0 Å². The molecule has 80 valence electrons. The highest BCUT2D eigenvalue weighted by Crippen LogP contribution is 2.26. The predicted octanol–water partition coefficient (Wildman–Crippen LogP) is 2.67. The molecule has 0 saturated carbocycles. The predicted molar refractivity (Wildman–Crippen MR) is 60.9 cm³/mol. The standard InChI is InChI=1S/C13H10FNO/c1-4-9-6-10-5-8(2)13(14)15-12(10)11(7-9)16-3/h1,5-7H,2-3H3. The maximum atomic E-state index is 13.3. The lowest BCUT2D eigenvalue weighted by Gasteiger charge is -2.07. The zero-order valence-electron chi connectivity index (χ0n) is 9.04. The molecule has 0 spiro atoms. The summed E-state index contributed by atoms with van der Waals surface area (Å²) in [6.45, 7) is 1.66. The van der Waals surface area contributed by atoms with E-state index in [1.165, 1.54) is 7.11 Å². The fraction of sp³-hybridized carbons (Fsp3) is 0.154. The van der Waals surface area contributed by atoms with Crippen molar-refractivity contribution in [3.05, 3.63) is 35.3 Å². The van der Waals surface area contributed by atoms with Gasteiger partial charge in [0.2, 0.25) is 5.95 Å². The molecule has 0 amide bonds. The molecule has 2 rings (SSSR count). The molecule has 0 aliphatic rings. The molecule has 0 unspecified atom stereocenters. The van der Waals surface area contributed by atoms with Gasteiger partial charge >= 0.3 is 0 Å². The van der Waals surface area contributed by atoms with Gasteiger partial charge in [0.05, 0.1) is 7.11 Å². The normalized spacial score (nSPS) is 10.1. The lowest BCUT2D eigenvalue weighted by Crippen LogP contribution is -1.94. The lowest BCUT2D eigenvalue weighted by atomic mass is 10.1. The molecule has 0 N–H and O–H groups in total. The van der Waals surface area contributed by atoms with Crippen molar-refractivity contribution < 1.29 is 9.13 Å². The molecule has 0 fully saturated rings. The SMILES string of the molecule is C#Cc1cc(OC)c2nc(F)c(C)cc2c1. The Hall–Kier alpha value is -2.08. The van der Waals surface area contributed by atoms with Crippen LogP contribution in [0.3, 0.4) is 0 Å². The number of terminal acetylenes is 1. The van der Waals surface area contributed by atoms with Gasteiger partial charge in [-0.1, -0.05) is 5.92 Å². The summed E-state index contributed by atoms with van der Waals surface area (Å²) in [4.78, 5) is 3.86. The molecular weight excluding hydrogens is 205 g/mol. The molecule has 2 nitrogen and oxygen atoms in total. The summed E-state index contributed by atoms with van der Waals surface area (Å²) < 4.78 is 18.5. The van der Waals surface area contributed by atoms with Crippen molar-refractivity contribution in [1.29, 1.82) is 0 Å². The summed E-state index contributed by atoms with van der Waals surface area (Å²) in [5, 5.41) is 0.784. The summed E-state index contributed by atoms with van der Waals surface area (Å²) >= 11 is 0. The first-order chi connectivity index (χ1) is 7.65. The van der Waals surface area contributed by atoms with Gasteiger partial charge in [-0.2, -0.15) is 4.39 Å². The number of fused-ring (bicyclic) bond motifs is 1. The van der Waals surface area contributed by atoms with Gasteiger partial charge in [-0.05, 0) is 25.1 Å². The minimum absolute atomic E-state index is 0.487. The van der Waals surface area contributed by atoms with E-state index in [-0.39, 0.29) is 0 Å². The number of ether oxygens (including phenoxy) is 1. The van der Waals surface area contributed by atoms with Crippen molar-refractivity contribution in [2.24, 2.45) is 0 Å². The van der Waals surface area contributed by atoms with Crippen LogP contribution in [-0.4, -0.2) is 12.1 Å². The number of aryl methyl sites for hydroxylation is 1. The van der Waals surface area contributed by atoms with E-state index in [4.69, 9.17) is 11.2 Å². The number of halogens is 1. The Labute approximate surface area is 93.1 Å². The highest BCUT2D eigenvalue weighted by atomic mass is 19.1. The fourth-order valence-corrected chi connectivity index (χ4v) is 1.58. The number of hydrogen-bond donors (Lipinski definition) is 0. The summed E-state index contributed by atoms with van der Waals surface area (Å²) in [5.41, 5.74) is 1.67. The lowest BCUT2D eigenvalue weighted by molar-refractivity contribution is 0.418. The Morgan fingerprint density at radius 3 is 2.75 bits per heavy atom. The van der Waals surface area contributed by atoms with E-state index in [0.717, 1.165) is 5.39 Å². The monoisotopic (exact) mass is 215 g/mol. The molecule has 1 aromatic heterocycles. The van der Waals surface area contributed by atoms with Crippen molar-refractivity contribution >= 4 is 10.9 Å². The molecule has 0 atom stereocenters. The van der Waals surface area contributed by atoms with E-state index in [2.05, 4.69) is 10.9 Å². The number of nitrogens with zero attached hydrogens (tertiary/aromatic N) is 1. The first-order valence-electron chi connectivity index (χ1n) is 4.77. The number of pyridine rings is 1. The van der Waals surface area contributed by atoms with Crippen LogP contribution in [0.25, 0.3) is 10.9 Å². The second-order valence-electron chi connectivity index (χ2n) is 3.49. The van der Waals surface area contributed by atoms with Crippen molar-refractivity contribution in [2.75, 3.05) is 7.11 Å². The highest BCUT2D eigenvalue weighted by molar-refractivity contribution is 5.86. The number of rotatable bonds is 1. The van der Waals surface area contributed by atoms with E-state index < -0.39 is 5.95 Å². The molecule has 0 aliphatic carbocycles. The smallest absolute Gasteiger partial charge is 0.216 e. The average Bonchev–Trinajstić information content (AvgIpc) is 2.29. The number of benzene rings is 1. The third-order valence-electron chi connectivity index (χ3n) is 2.40. The van der Waals surface area contributed by atoms with E-state index in [9.17, 15) is 4.39 Å². The molecule has 0 saturated heterocycles. The summed E-state index contributed by atoms with van der Waals surface area (Å²) in [6, 6.07) is 5.17. The molecule has 16 heavy (non-hydrogen) atoms. The van der Waals surface area contributed by atoms with Crippen LogP contribution in [0, 0.1) is 25.2 Å². The Bertz CT molecular complexity index is 599. The van der Waals surface area contributed by atoms with Gasteiger partial charge in [-0.25, -0.2) is 4.98 Å². The van der Waals surface area contributed by atoms with Crippen LogP contribution in [0.1, 0.15) is 11.1 Å². The average molecular weight is 215 g/mol. The quantitative estimate of drug-likeness (QED) is 0.539. The van der Waals surface area contributed by atoms with Gasteiger partial charge < -0.3 is 4.74 Å². The van der Waals surface area contributed by atoms with Gasteiger partial charge in [0.15, 0.2) is 0 Å². The maximum absolute atomic E-state index is 13.3. The molecule has 1 aromatic carbocycles. The molecular formula is C13H10FNO. The largest absolute Gasteiger partial charge is 0.494 e. The van der Waals surface area contributed by atoms with Gasteiger partial charge in [0, 0.05) is 16.5 Å². The summed E-state index contributed by atoms with van der Waals surface area (Å²) in [7, 11) is 1.51. The minimum Gasteiger partial charge on any atom is -0.494 e. The van der Waals surface area contributed by atoms with E-state index in [1.807, 2.05) is 0 Å².